The predicted octanol–water partition coefficient (Wildman–Crippen LogP) is 4.01. The SMILES string of the molecule is COC(C(=O)c1cccc2ncccc12)C1CCCCC1. The minimum Gasteiger partial charge on any atom is -0.373 e. The number of hydrogen-bond acceptors (Lipinski definition) is 3. The second-order valence-corrected chi connectivity index (χ2v) is 5.79. The molecule has 0 spiro atoms. The molecule has 1 fully saturated rings. The number of carbonyl (C=O) groups excluding carboxylic acids is 1. The molecule has 3 heteroatoms. The minimum atomic E-state index is -0.323. The van der Waals surface area contributed by atoms with Gasteiger partial charge in [0.15, 0.2) is 5.78 Å². The van der Waals surface area contributed by atoms with E-state index in [0.717, 1.165) is 29.3 Å². The van der Waals surface area contributed by atoms with Gasteiger partial charge in [-0.15, -0.1) is 0 Å². The highest BCUT2D eigenvalue weighted by Crippen LogP contribution is 2.30. The Morgan fingerprint density at radius 2 is 2.00 bits per heavy atom. The standard InChI is InChI=1S/C18H21NO2/c1-21-18(13-7-3-2-4-8-13)17(20)15-9-5-11-16-14(15)10-6-12-19-16/h5-6,9-13,18H,2-4,7-8H2,1H3. The summed E-state index contributed by atoms with van der Waals surface area (Å²) in [5, 5.41) is 0.919. The van der Waals surface area contributed by atoms with Gasteiger partial charge in [0.2, 0.25) is 0 Å². The van der Waals surface area contributed by atoms with Crippen LogP contribution in [0.1, 0.15) is 42.5 Å². The molecule has 0 bridgehead atoms. The number of nitrogens with zero attached hydrogens (tertiary/aromatic N) is 1. The zero-order valence-corrected chi connectivity index (χ0v) is 12.4. The maximum absolute atomic E-state index is 12.9. The zero-order valence-electron chi connectivity index (χ0n) is 12.4. The maximum atomic E-state index is 12.9. The second-order valence-electron chi connectivity index (χ2n) is 5.79. The monoisotopic (exact) mass is 283 g/mol. The molecule has 1 aromatic carbocycles. The fourth-order valence-corrected chi connectivity index (χ4v) is 3.42. The van der Waals surface area contributed by atoms with E-state index in [1.165, 1.54) is 19.3 Å². The molecule has 0 N–H and O–H groups in total. The average Bonchev–Trinajstić information content (AvgIpc) is 2.56. The van der Waals surface area contributed by atoms with E-state index in [1.807, 2.05) is 30.3 Å². The summed E-state index contributed by atoms with van der Waals surface area (Å²) in [5.74, 6) is 0.450. The molecular weight excluding hydrogens is 262 g/mol. The van der Waals surface area contributed by atoms with Crippen LogP contribution >= 0.6 is 0 Å². The Hall–Kier alpha value is -1.74. The van der Waals surface area contributed by atoms with Crippen LogP contribution in [0.4, 0.5) is 0 Å². The third-order valence-electron chi connectivity index (χ3n) is 4.50. The Bertz CT molecular complexity index is 627. The van der Waals surface area contributed by atoms with Crippen molar-refractivity contribution in [2.75, 3.05) is 7.11 Å². The van der Waals surface area contributed by atoms with Crippen molar-refractivity contribution >= 4 is 16.7 Å². The number of carbonyl (C=O) groups is 1. The fourth-order valence-electron chi connectivity index (χ4n) is 3.42. The van der Waals surface area contributed by atoms with Crippen molar-refractivity contribution in [1.29, 1.82) is 0 Å². The van der Waals surface area contributed by atoms with Crippen LogP contribution in [0.3, 0.4) is 0 Å². The normalized spacial score (nSPS) is 17.8. The van der Waals surface area contributed by atoms with Crippen LogP contribution < -0.4 is 0 Å². The average molecular weight is 283 g/mol. The number of pyridine rings is 1. The number of fused-ring (bicyclic) bond motifs is 1. The van der Waals surface area contributed by atoms with Crippen LogP contribution in [0.15, 0.2) is 36.5 Å². The van der Waals surface area contributed by atoms with Crippen LogP contribution in [0.5, 0.6) is 0 Å². The summed E-state index contributed by atoms with van der Waals surface area (Å²) in [6.45, 7) is 0. The van der Waals surface area contributed by atoms with Gasteiger partial charge in [-0.3, -0.25) is 9.78 Å². The number of aromatic nitrogens is 1. The molecule has 0 saturated heterocycles. The first kappa shape index (κ1) is 14.2. The van der Waals surface area contributed by atoms with Gasteiger partial charge in [0, 0.05) is 24.3 Å². The van der Waals surface area contributed by atoms with E-state index >= 15 is 0 Å². The van der Waals surface area contributed by atoms with Gasteiger partial charge in [0.25, 0.3) is 0 Å². The lowest BCUT2D eigenvalue weighted by atomic mass is 9.82. The summed E-state index contributed by atoms with van der Waals surface area (Å²) in [6.07, 6.45) is 7.30. The Morgan fingerprint density at radius 3 is 2.76 bits per heavy atom. The van der Waals surface area contributed by atoms with E-state index < -0.39 is 0 Å². The van der Waals surface area contributed by atoms with Crippen LogP contribution in [0, 0.1) is 5.92 Å². The lowest BCUT2D eigenvalue weighted by molar-refractivity contribution is 0.0316. The van der Waals surface area contributed by atoms with Gasteiger partial charge >= 0.3 is 0 Å². The van der Waals surface area contributed by atoms with E-state index in [9.17, 15) is 4.79 Å². The van der Waals surface area contributed by atoms with E-state index in [0.29, 0.717) is 5.92 Å². The Kier molecular flexibility index (Phi) is 4.30. The van der Waals surface area contributed by atoms with Crippen molar-refractivity contribution in [2.24, 2.45) is 5.92 Å². The maximum Gasteiger partial charge on any atom is 0.192 e. The fraction of sp³-hybridized carbons (Fsp3) is 0.444. The Morgan fingerprint density at radius 1 is 1.19 bits per heavy atom. The lowest BCUT2D eigenvalue weighted by Gasteiger charge is -2.28. The molecule has 1 heterocycles. The van der Waals surface area contributed by atoms with Crippen LogP contribution in [-0.4, -0.2) is 24.0 Å². The smallest absolute Gasteiger partial charge is 0.192 e. The molecule has 3 nitrogen and oxygen atoms in total. The summed E-state index contributed by atoms with van der Waals surface area (Å²) in [5.41, 5.74) is 1.60. The summed E-state index contributed by atoms with van der Waals surface area (Å²) >= 11 is 0. The van der Waals surface area contributed by atoms with Crippen molar-refractivity contribution in [3.05, 3.63) is 42.1 Å². The van der Waals surface area contributed by atoms with Gasteiger partial charge in [0.05, 0.1) is 5.52 Å². The van der Waals surface area contributed by atoms with Crippen molar-refractivity contribution in [1.82, 2.24) is 4.98 Å². The van der Waals surface area contributed by atoms with Crippen LogP contribution in [0.2, 0.25) is 0 Å². The van der Waals surface area contributed by atoms with Crippen molar-refractivity contribution in [3.8, 4) is 0 Å². The third-order valence-corrected chi connectivity index (χ3v) is 4.50. The zero-order chi connectivity index (χ0) is 14.7. The molecule has 2 aromatic rings. The largest absolute Gasteiger partial charge is 0.373 e. The molecule has 0 aliphatic heterocycles. The summed E-state index contributed by atoms with van der Waals surface area (Å²) in [7, 11) is 1.65. The quantitative estimate of drug-likeness (QED) is 0.796. The number of methoxy groups -OCH3 is 1. The molecule has 1 aliphatic carbocycles. The van der Waals surface area contributed by atoms with Crippen LogP contribution in [0.25, 0.3) is 10.9 Å². The molecule has 1 atom stereocenters. The van der Waals surface area contributed by atoms with Gasteiger partial charge in [-0.05, 0) is 30.9 Å². The predicted molar refractivity (Wildman–Crippen MR) is 83.4 cm³/mol. The highest BCUT2D eigenvalue weighted by Gasteiger charge is 2.30. The molecule has 1 saturated carbocycles. The third kappa shape index (κ3) is 2.84. The molecule has 3 rings (SSSR count). The van der Waals surface area contributed by atoms with Crippen molar-refractivity contribution < 1.29 is 9.53 Å². The van der Waals surface area contributed by atoms with Crippen molar-refractivity contribution in [2.45, 2.75) is 38.2 Å². The first-order valence-electron chi connectivity index (χ1n) is 7.72. The summed E-state index contributed by atoms with van der Waals surface area (Å²) < 4.78 is 5.58. The lowest BCUT2D eigenvalue weighted by Crippen LogP contribution is -2.33. The topological polar surface area (TPSA) is 39.2 Å². The highest BCUT2D eigenvalue weighted by atomic mass is 16.5. The second kappa shape index (κ2) is 6.35. The van der Waals surface area contributed by atoms with E-state index in [1.54, 1.807) is 13.3 Å². The number of ether oxygens (including phenoxy) is 1. The van der Waals surface area contributed by atoms with E-state index in [2.05, 4.69) is 4.98 Å². The van der Waals surface area contributed by atoms with Gasteiger partial charge in [-0.2, -0.15) is 0 Å². The summed E-state index contributed by atoms with van der Waals surface area (Å²) in [6, 6.07) is 9.57. The molecule has 21 heavy (non-hydrogen) atoms. The molecule has 1 aliphatic rings. The molecule has 1 unspecified atom stereocenters. The van der Waals surface area contributed by atoms with E-state index in [-0.39, 0.29) is 11.9 Å². The summed E-state index contributed by atoms with van der Waals surface area (Å²) in [4.78, 5) is 17.3. The van der Waals surface area contributed by atoms with E-state index in [4.69, 9.17) is 4.74 Å². The number of Topliss-reactive ketones (excluding diaryl/α,β-unsaturated/α-hetero) is 1. The number of benzene rings is 1. The molecular formula is C18H21NO2. The first-order chi connectivity index (χ1) is 10.3. The van der Waals surface area contributed by atoms with Gasteiger partial charge in [0.1, 0.15) is 6.10 Å². The number of rotatable bonds is 4. The Balaban J connectivity index is 1.94. The molecule has 0 radical (unpaired) electrons. The first-order valence-corrected chi connectivity index (χ1v) is 7.72. The highest BCUT2D eigenvalue weighted by molar-refractivity contribution is 6.09. The molecule has 0 amide bonds. The minimum absolute atomic E-state index is 0.100. The Labute approximate surface area is 125 Å². The number of hydrogen-bond donors (Lipinski definition) is 0. The van der Waals surface area contributed by atoms with Crippen molar-refractivity contribution in [3.63, 3.8) is 0 Å². The van der Waals surface area contributed by atoms with Crippen LogP contribution in [-0.2, 0) is 4.74 Å². The van der Waals surface area contributed by atoms with Gasteiger partial charge < -0.3 is 4.74 Å². The molecule has 110 valence electrons. The van der Waals surface area contributed by atoms with Gasteiger partial charge in [-0.1, -0.05) is 37.5 Å². The number of ketones is 1. The van der Waals surface area contributed by atoms with Gasteiger partial charge in [-0.25, -0.2) is 0 Å². The molecule has 1 aromatic heterocycles.